The summed E-state index contributed by atoms with van der Waals surface area (Å²) < 4.78 is 5.45. The molecule has 1 saturated heterocycles. The number of nitrogens with one attached hydrogen (secondary N) is 1. The molecule has 1 atom stereocenters. The zero-order valence-corrected chi connectivity index (χ0v) is 10.7. The molecule has 0 amide bonds. The highest BCUT2D eigenvalue weighted by atomic mass is 16.5. The van der Waals surface area contributed by atoms with Crippen LogP contribution in [0.3, 0.4) is 0 Å². The monoisotopic (exact) mass is 242 g/mol. The second-order valence-electron chi connectivity index (χ2n) is 5.39. The van der Waals surface area contributed by atoms with E-state index < -0.39 is 0 Å². The molecule has 1 aliphatic heterocycles. The summed E-state index contributed by atoms with van der Waals surface area (Å²) in [6, 6.07) is 0. The summed E-state index contributed by atoms with van der Waals surface area (Å²) in [5.41, 5.74) is 0. The van der Waals surface area contributed by atoms with Crippen molar-refractivity contribution in [3.05, 3.63) is 0 Å². The second kappa shape index (κ2) is 7.31. The molecule has 0 aromatic rings. The molecule has 4 heteroatoms. The van der Waals surface area contributed by atoms with Crippen molar-refractivity contribution < 1.29 is 9.84 Å². The molecule has 1 aliphatic carbocycles. The van der Waals surface area contributed by atoms with E-state index in [1.165, 1.54) is 38.8 Å². The molecule has 4 nitrogen and oxygen atoms in total. The fraction of sp³-hybridized carbons (Fsp3) is 1.00. The van der Waals surface area contributed by atoms with Crippen LogP contribution in [0.4, 0.5) is 0 Å². The summed E-state index contributed by atoms with van der Waals surface area (Å²) >= 11 is 0. The third-order valence-corrected chi connectivity index (χ3v) is 3.54. The van der Waals surface area contributed by atoms with E-state index in [9.17, 15) is 5.11 Å². The minimum Gasteiger partial charge on any atom is -0.389 e. The minimum absolute atomic E-state index is 0.354. The lowest BCUT2D eigenvalue weighted by molar-refractivity contribution is 0.0324. The summed E-state index contributed by atoms with van der Waals surface area (Å²) in [6.45, 7) is 6.54. The lowest BCUT2D eigenvalue weighted by atomic mass is 10.3. The number of aliphatic hydroxyl groups is 1. The van der Waals surface area contributed by atoms with Crippen molar-refractivity contribution in [2.24, 2.45) is 5.92 Å². The van der Waals surface area contributed by atoms with Crippen LogP contribution in [0.15, 0.2) is 0 Å². The first-order valence-corrected chi connectivity index (χ1v) is 7.03. The van der Waals surface area contributed by atoms with Crippen LogP contribution in [0, 0.1) is 5.92 Å². The SMILES string of the molecule is OC(CNCCN1CCCC1)COCC1CC1. The van der Waals surface area contributed by atoms with Crippen molar-refractivity contribution in [3.8, 4) is 0 Å². The molecule has 1 saturated carbocycles. The molecule has 1 heterocycles. The molecule has 0 radical (unpaired) electrons. The highest BCUT2D eigenvalue weighted by Gasteiger charge is 2.21. The fourth-order valence-electron chi connectivity index (χ4n) is 2.23. The van der Waals surface area contributed by atoms with Crippen molar-refractivity contribution in [1.29, 1.82) is 0 Å². The van der Waals surface area contributed by atoms with Gasteiger partial charge in [-0.3, -0.25) is 0 Å². The largest absolute Gasteiger partial charge is 0.389 e. The number of rotatable bonds is 9. The summed E-state index contributed by atoms with van der Waals surface area (Å²) in [7, 11) is 0. The van der Waals surface area contributed by atoms with E-state index in [0.717, 1.165) is 25.6 Å². The van der Waals surface area contributed by atoms with Gasteiger partial charge >= 0.3 is 0 Å². The summed E-state index contributed by atoms with van der Waals surface area (Å²) in [5.74, 6) is 0.783. The fourth-order valence-corrected chi connectivity index (χ4v) is 2.23. The molecule has 100 valence electrons. The Labute approximate surface area is 104 Å². The van der Waals surface area contributed by atoms with E-state index in [-0.39, 0.29) is 6.10 Å². The second-order valence-corrected chi connectivity index (χ2v) is 5.39. The van der Waals surface area contributed by atoms with Gasteiger partial charge in [-0.25, -0.2) is 0 Å². The molecule has 2 fully saturated rings. The van der Waals surface area contributed by atoms with Crippen LogP contribution in [0.2, 0.25) is 0 Å². The Balaban J connectivity index is 1.38. The minimum atomic E-state index is -0.354. The van der Waals surface area contributed by atoms with Gasteiger partial charge < -0.3 is 20.1 Å². The highest BCUT2D eigenvalue weighted by molar-refractivity contribution is 4.72. The Morgan fingerprint density at radius 2 is 2.06 bits per heavy atom. The predicted molar refractivity (Wildman–Crippen MR) is 68.1 cm³/mol. The van der Waals surface area contributed by atoms with Crippen molar-refractivity contribution in [3.63, 3.8) is 0 Å². The summed E-state index contributed by atoms with van der Waals surface area (Å²) in [5, 5.41) is 13.0. The molecule has 0 bridgehead atoms. The maximum atomic E-state index is 9.67. The van der Waals surface area contributed by atoms with Gasteiger partial charge in [-0.1, -0.05) is 0 Å². The predicted octanol–water partition coefficient (Wildman–Crippen LogP) is 0.459. The molecule has 2 rings (SSSR count). The Morgan fingerprint density at radius 3 is 2.76 bits per heavy atom. The molecule has 1 unspecified atom stereocenters. The van der Waals surface area contributed by atoms with Crippen molar-refractivity contribution >= 4 is 0 Å². The van der Waals surface area contributed by atoms with Gasteiger partial charge in [0.1, 0.15) is 0 Å². The smallest absolute Gasteiger partial charge is 0.0897 e. The van der Waals surface area contributed by atoms with Gasteiger partial charge in [0.2, 0.25) is 0 Å². The number of hydrogen-bond acceptors (Lipinski definition) is 4. The molecule has 0 aromatic carbocycles. The third-order valence-electron chi connectivity index (χ3n) is 3.54. The molecular weight excluding hydrogens is 216 g/mol. The molecule has 0 aromatic heterocycles. The van der Waals surface area contributed by atoms with E-state index in [0.29, 0.717) is 13.2 Å². The first-order chi connectivity index (χ1) is 8.34. The number of ether oxygens (including phenoxy) is 1. The number of nitrogens with zero attached hydrogens (tertiary/aromatic N) is 1. The normalized spacial score (nSPS) is 23.1. The van der Waals surface area contributed by atoms with Gasteiger partial charge in [0.05, 0.1) is 12.7 Å². The zero-order valence-electron chi connectivity index (χ0n) is 10.7. The molecule has 17 heavy (non-hydrogen) atoms. The lowest BCUT2D eigenvalue weighted by Crippen LogP contribution is -2.36. The van der Waals surface area contributed by atoms with Crippen molar-refractivity contribution in [2.75, 3.05) is 45.9 Å². The standard InChI is InChI=1S/C13H26N2O2/c16-13(11-17-10-12-3-4-12)9-14-5-8-15-6-1-2-7-15/h12-14,16H,1-11H2. The van der Waals surface area contributed by atoms with Gasteiger partial charge in [-0.2, -0.15) is 0 Å². The van der Waals surface area contributed by atoms with Gasteiger partial charge in [-0.05, 0) is 44.7 Å². The Hall–Kier alpha value is -0.160. The van der Waals surface area contributed by atoms with Gasteiger partial charge in [-0.15, -0.1) is 0 Å². The van der Waals surface area contributed by atoms with E-state index in [1.54, 1.807) is 0 Å². The lowest BCUT2D eigenvalue weighted by Gasteiger charge is -2.16. The summed E-state index contributed by atoms with van der Waals surface area (Å²) in [6.07, 6.45) is 4.95. The van der Waals surface area contributed by atoms with Crippen LogP contribution in [0.5, 0.6) is 0 Å². The van der Waals surface area contributed by atoms with Crippen LogP contribution in [-0.4, -0.2) is 62.0 Å². The highest BCUT2D eigenvalue weighted by Crippen LogP contribution is 2.28. The van der Waals surface area contributed by atoms with E-state index in [2.05, 4.69) is 10.2 Å². The van der Waals surface area contributed by atoms with Gasteiger partial charge in [0.25, 0.3) is 0 Å². The maximum absolute atomic E-state index is 9.67. The van der Waals surface area contributed by atoms with Crippen LogP contribution in [0.25, 0.3) is 0 Å². The molecular formula is C13H26N2O2. The van der Waals surface area contributed by atoms with Crippen molar-refractivity contribution in [1.82, 2.24) is 10.2 Å². The average Bonchev–Trinajstić information content (AvgIpc) is 3.00. The zero-order chi connectivity index (χ0) is 11.9. The molecule has 2 aliphatic rings. The Morgan fingerprint density at radius 1 is 1.29 bits per heavy atom. The average molecular weight is 242 g/mol. The maximum Gasteiger partial charge on any atom is 0.0897 e. The molecule has 2 N–H and O–H groups in total. The van der Waals surface area contributed by atoms with Crippen LogP contribution >= 0.6 is 0 Å². The first-order valence-electron chi connectivity index (χ1n) is 7.03. The molecule has 0 spiro atoms. The van der Waals surface area contributed by atoms with Crippen LogP contribution < -0.4 is 5.32 Å². The van der Waals surface area contributed by atoms with E-state index in [4.69, 9.17) is 4.74 Å². The quantitative estimate of drug-likeness (QED) is 0.577. The summed E-state index contributed by atoms with van der Waals surface area (Å²) in [4.78, 5) is 2.48. The van der Waals surface area contributed by atoms with Crippen LogP contribution in [-0.2, 0) is 4.74 Å². The van der Waals surface area contributed by atoms with Gasteiger partial charge in [0, 0.05) is 26.2 Å². The van der Waals surface area contributed by atoms with Gasteiger partial charge in [0.15, 0.2) is 0 Å². The van der Waals surface area contributed by atoms with Crippen LogP contribution in [0.1, 0.15) is 25.7 Å². The third kappa shape index (κ3) is 5.82. The van der Waals surface area contributed by atoms with E-state index in [1.807, 2.05) is 0 Å². The Bertz CT molecular complexity index is 204. The van der Waals surface area contributed by atoms with Crippen molar-refractivity contribution in [2.45, 2.75) is 31.8 Å². The topological polar surface area (TPSA) is 44.7 Å². The van der Waals surface area contributed by atoms with E-state index >= 15 is 0 Å². The number of aliphatic hydroxyl groups excluding tert-OH is 1. The first kappa shape index (κ1) is 13.3. The number of likely N-dealkylation sites (tertiary alicyclic amines) is 1. The Kier molecular flexibility index (Phi) is 5.71. The number of hydrogen-bond donors (Lipinski definition) is 2.